The average Bonchev–Trinajstić information content (AvgIpc) is 2.50. The second-order valence-corrected chi connectivity index (χ2v) is 5.29. The molecule has 1 atom stereocenters. The third-order valence-electron chi connectivity index (χ3n) is 3.10. The smallest absolute Gasteiger partial charge is 0.132 e. The predicted octanol–water partition coefficient (Wildman–Crippen LogP) is 2.62. The molecule has 1 aromatic heterocycles. The van der Waals surface area contributed by atoms with Crippen molar-refractivity contribution in [3.05, 3.63) is 16.4 Å². The van der Waals surface area contributed by atoms with E-state index < -0.39 is 6.10 Å². The largest absolute Gasteiger partial charge is 0.388 e. The Labute approximate surface area is 108 Å². The molecule has 0 fully saturated rings. The molecule has 1 N–H and O–H groups in total. The molecule has 0 aliphatic heterocycles. The van der Waals surface area contributed by atoms with Crippen LogP contribution < -0.4 is 0 Å². The van der Waals surface area contributed by atoms with Crippen LogP contribution >= 0.6 is 11.6 Å². The number of hydrogen-bond donors (Lipinski definition) is 1. The number of ether oxygens (including phenoxy) is 1. The van der Waals surface area contributed by atoms with Crippen molar-refractivity contribution in [1.82, 2.24) is 9.78 Å². The van der Waals surface area contributed by atoms with Crippen LogP contribution in [0.15, 0.2) is 0 Å². The number of aliphatic hydroxyl groups excluding tert-OH is 1. The first-order valence-corrected chi connectivity index (χ1v) is 6.08. The maximum absolute atomic E-state index is 10.2. The van der Waals surface area contributed by atoms with Crippen molar-refractivity contribution in [1.29, 1.82) is 0 Å². The van der Waals surface area contributed by atoms with E-state index in [0.717, 1.165) is 17.7 Å². The summed E-state index contributed by atoms with van der Waals surface area (Å²) in [6, 6.07) is 0. The van der Waals surface area contributed by atoms with Crippen LogP contribution in [0.3, 0.4) is 0 Å². The maximum atomic E-state index is 10.2. The topological polar surface area (TPSA) is 47.3 Å². The van der Waals surface area contributed by atoms with Gasteiger partial charge in [0.2, 0.25) is 0 Å². The summed E-state index contributed by atoms with van der Waals surface area (Å²) in [5, 5.41) is 14.9. The molecule has 4 nitrogen and oxygen atoms in total. The van der Waals surface area contributed by atoms with Gasteiger partial charge in [-0.25, -0.2) is 0 Å². The monoisotopic (exact) mass is 260 g/mol. The van der Waals surface area contributed by atoms with E-state index in [0.29, 0.717) is 11.6 Å². The normalized spacial score (nSPS) is 14.1. The molecule has 1 aromatic rings. The molecule has 1 unspecified atom stereocenters. The summed E-state index contributed by atoms with van der Waals surface area (Å²) < 4.78 is 6.90. The Morgan fingerprint density at radius 1 is 1.53 bits per heavy atom. The summed E-state index contributed by atoms with van der Waals surface area (Å²) in [4.78, 5) is 0. The van der Waals surface area contributed by atoms with E-state index in [-0.39, 0.29) is 5.60 Å². The van der Waals surface area contributed by atoms with E-state index in [1.165, 1.54) is 0 Å². The zero-order valence-corrected chi connectivity index (χ0v) is 11.9. The third-order valence-corrected chi connectivity index (χ3v) is 3.55. The number of rotatable bonds is 5. The lowest BCUT2D eigenvalue weighted by atomic mass is 9.97. The molecule has 17 heavy (non-hydrogen) atoms. The highest BCUT2D eigenvalue weighted by molar-refractivity contribution is 6.30. The zero-order chi connectivity index (χ0) is 13.2. The molecule has 0 saturated heterocycles. The minimum atomic E-state index is -0.592. The van der Waals surface area contributed by atoms with Gasteiger partial charge in [0.25, 0.3) is 0 Å². The summed E-state index contributed by atoms with van der Waals surface area (Å²) in [6.45, 7) is 5.85. The Hall–Kier alpha value is -0.580. The van der Waals surface area contributed by atoms with Gasteiger partial charge in [-0.2, -0.15) is 5.10 Å². The maximum Gasteiger partial charge on any atom is 0.132 e. The quantitative estimate of drug-likeness (QED) is 0.885. The van der Waals surface area contributed by atoms with Gasteiger partial charge in [0.15, 0.2) is 0 Å². The van der Waals surface area contributed by atoms with Crippen molar-refractivity contribution in [2.45, 2.75) is 45.3 Å². The second-order valence-electron chi connectivity index (χ2n) is 4.93. The van der Waals surface area contributed by atoms with Gasteiger partial charge in [0, 0.05) is 19.7 Å². The van der Waals surface area contributed by atoms with Crippen LogP contribution in [0.2, 0.25) is 5.15 Å². The van der Waals surface area contributed by atoms with Gasteiger partial charge in [0.05, 0.1) is 17.4 Å². The molecule has 0 spiro atoms. The first-order valence-electron chi connectivity index (χ1n) is 5.70. The minimum absolute atomic E-state index is 0.233. The van der Waals surface area contributed by atoms with E-state index in [1.807, 2.05) is 20.8 Å². The fraction of sp³-hybridized carbons (Fsp3) is 0.750. The van der Waals surface area contributed by atoms with Crippen molar-refractivity contribution in [3.63, 3.8) is 0 Å². The highest BCUT2D eigenvalue weighted by Gasteiger charge is 2.23. The van der Waals surface area contributed by atoms with E-state index >= 15 is 0 Å². The third kappa shape index (κ3) is 3.44. The summed E-state index contributed by atoms with van der Waals surface area (Å²) >= 11 is 6.10. The Balaban J connectivity index is 2.74. The molecular formula is C12H21ClN2O2. The zero-order valence-electron chi connectivity index (χ0n) is 11.1. The van der Waals surface area contributed by atoms with Gasteiger partial charge in [0.1, 0.15) is 5.15 Å². The van der Waals surface area contributed by atoms with Gasteiger partial charge in [-0.3, -0.25) is 4.68 Å². The van der Waals surface area contributed by atoms with Crippen molar-refractivity contribution in [3.8, 4) is 0 Å². The van der Waals surface area contributed by atoms with Gasteiger partial charge >= 0.3 is 0 Å². The molecule has 0 radical (unpaired) electrons. The molecule has 0 amide bonds. The van der Waals surface area contributed by atoms with Crippen molar-refractivity contribution in [2.24, 2.45) is 7.05 Å². The van der Waals surface area contributed by atoms with Crippen LogP contribution in [0.1, 0.15) is 44.1 Å². The second kappa shape index (κ2) is 5.38. The van der Waals surface area contributed by atoms with Crippen molar-refractivity contribution >= 4 is 11.6 Å². The van der Waals surface area contributed by atoms with Crippen LogP contribution in [-0.4, -0.2) is 27.6 Å². The van der Waals surface area contributed by atoms with Crippen LogP contribution in [-0.2, 0) is 11.8 Å². The molecule has 5 heteroatoms. The van der Waals surface area contributed by atoms with Crippen LogP contribution in [0, 0.1) is 6.92 Å². The fourth-order valence-electron chi connectivity index (χ4n) is 1.76. The van der Waals surface area contributed by atoms with Crippen LogP contribution in [0.25, 0.3) is 0 Å². The number of methoxy groups -OCH3 is 1. The minimum Gasteiger partial charge on any atom is -0.388 e. The van der Waals surface area contributed by atoms with Gasteiger partial charge in [-0.1, -0.05) is 11.6 Å². The number of halogens is 1. The van der Waals surface area contributed by atoms with Crippen LogP contribution in [0.4, 0.5) is 0 Å². The van der Waals surface area contributed by atoms with Crippen LogP contribution in [0.5, 0.6) is 0 Å². The highest BCUT2D eigenvalue weighted by Crippen LogP contribution is 2.30. The lowest BCUT2D eigenvalue weighted by Crippen LogP contribution is -2.23. The Bertz CT molecular complexity index is 388. The lowest BCUT2D eigenvalue weighted by molar-refractivity contribution is 0.00273. The number of aryl methyl sites for hydroxylation is 2. The van der Waals surface area contributed by atoms with Gasteiger partial charge < -0.3 is 9.84 Å². The van der Waals surface area contributed by atoms with Crippen molar-refractivity contribution < 1.29 is 9.84 Å². The number of nitrogens with zero attached hydrogens (tertiary/aromatic N) is 2. The molecule has 0 aliphatic rings. The SMILES string of the molecule is COC(C)(C)CCC(O)c1c(C)nn(C)c1Cl. The summed E-state index contributed by atoms with van der Waals surface area (Å²) in [5.74, 6) is 0. The van der Waals surface area contributed by atoms with E-state index in [4.69, 9.17) is 16.3 Å². The molecule has 0 bridgehead atoms. The Morgan fingerprint density at radius 3 is 2.53 bits per heavy atom. The van der Waals surface area contributed by atoms with Gasteiger partial charge in [-0.15, -0.1) is 0 Å². The van der Waals surface area contributed by atoms with Crippen molar-refractivity contribution in [2.75, 3.05) is 7.11 Å². The molecule has 1 rings (SSSR count). The summed E-state index contributed by atoms with van der Waals surface area (Å²) in [7, 11) is 3.44. The molecule has 0 aromatic carbocycles. The van der Waals surface area contributed by atoms with E-state index in [9.17, 15) is 5.11 Å². The number of aromatic nitrogens is 2. The predicted molar refractivity (Wildman–Crippen MR) is 68.2 cm³/mol. The molecule has 98 valence electrons. The Morgan fingerprint density at radius 2 is 2.12 bits per heavy atom. The molecule has 0 aliphatic carbocycles. The molecule has 0 saturated carbocycles. The fourth-order valence-corrected chi connectivity index (χ4v) is 2.06. The first-order chi connectivity index (χ1) is 7.78. The average molecular weight is 261 g/mol. The van der Waals surface area contributed by atoms with E-state index in [1.54, 1.807) is 18.8 Å². The standard InChI is InChI=1S/C12H21ClN2O2/c1-8-10(11(13)15(4)14-8)9(16)6-7-12(2,3)17-5/h9,16H,6-7H2,1-5H3. The number of aliphatic hydroxyl groups is 1. The Kier molecular flexibility index (Phi) is 4.58. The van der Waals surface area contributed by atoms with E-state index in [2.05, 4.69) is 5.10 Å². The summed E-state index contributed by atoms with van der Waals surface area (Å²) in [6.07, 6.45) is 0.772. The molecular weight excluding hydrogens is 240 g/mol. The molecule has 1 heterocycles. The highest BCUT2D eigenvalue weighted by atomic mass is 35.5. The number of hydrogen-bond acceptors (Lipinski definition) is 3. The van der Waals surface area contributed by atoms with Gasteiger partial charge in [-0.05, 0) is 33.6 Å². The summed E-state index contributed by atoms with van der Waals surface area (Å²) in [5.41, 5.74) is 1.27. The lowest BCUT2D eigenvalue weighted by Gasteiger charge is -2.24. The first kappa shape index (κ1) is 14.5.